The van der Waals surface area contributed by atoms with E-state index in [0.717, 1.165) is 16.3 Å². The van der Waals surface area contributed by atoms with E-state index < -0.39 is 0 Å². The molecule has 0 radical (unpaired) electrons. The van der Waals surface area contributed by atoms with Gasteiger partial charge in [-0.05, 0) is 40.8 Å². The highest BCUT2D eigenvalue weighted by molar-refractivity contribution is 6.02. The minimum absolute atomic E-state index is 0.147. The maximum atomic E-state index is 13.7. The molecule has 1 heteroatoms. The predicted octanol–water partition coefficient (Wildman–Crippen LogP) is 4.44. The summed E-state index contributed by atoms with van der Waals surface area (Å²) in [5.74, 6) is -0.147. The Kier molecular flexibility index (Phi) is 1.93. The van der Waals surface area contributed by atoms with Crippen molar-refractivity contribution in [1.29, 1.82) is 0 Å². The highest BCUT2D eigenvalue weighted by atomic mass is 19.1. The smallest absolute Gasteiger partial charge is 0.131 e. The topological polar surface area (TPSA) is 0 Å². The lowest BCUT2D eigenvalue weighted by Crippen LogP contribution is -1.85. The predicted molar refractivity (Wildman–Crippen MR) is 66.1 cm³/mol. The van der Waals surface area contributed by atoms with Gasteiger partial charge in [-0.15, -0.1) is 0 Å². The summed E-state index contributed by atoms with van der Waals surface area (Å²) < 4.78 is 13.7. The number of hydrogen-bond donors (Lipinski definition) is 0. The van der Waals surface area contributed by atoms with Gasteiger partial charge < -0.3 is 0 Å². The van der Waals surface area contributed by atoms with E-state index in [1.54, 1.807) is 6.07 Å². The van der Waals surface area contributed by atoms with Crippen LogP contribution < -0.4 is 0 Å². The van der Waals surface area contributed by atoms with E-state index in [2.05, 4.69) is 6.07 Å². The second-order valence-corrected chi connectivity index (χ2v) is 4.06. The molecule has 0 N–H and O–H groups in total. The van der Waals surface area contributed by atoms with E-state index in [-0.39, 0.29) is 5.82 Å². The third-order valence-corrected chi connectivity index (χ3v) is 3.12. The third-order valence-electron chi connectivity index (χ3n) is 3.12. The summed E-state index contributed by atoms with van der Waals surface area (Å²) in [6, 6.07) is 15.3. The van der Waals surface area contributed by atoms with Crippen molar-refractivity contribution >= 4 is 21.5 Å². The molecular formula is C15H11F. The summed E-state index contributed by atoms with van der Waals surface area (Å²) in [6.45, 7) is 2.05. The van der Waals surface area contributed by atoms with Crippen LogP contribution in [-0.4, -0.2) is 0 Å². The lowest BCUT2D eigenvalue weighted by molar-refractivity contribution is 0.640. The lowest BCUT2D eigenvalue weighted by Gasteiger charge is -2.07. The van der Waals surface area contributed by atoms with Crippen LogP contribution in [0.4, 0.5) is 4.39 Å². The van der Waals surface area contributed by atoms with E-state index in [9.17, 15) is 4.39 Å². The van der Waals surface area contributed by atoms with Crippen molar-refractivity contribution in [2.45, 2.75) is 6.92 Å². The summed E-state index contributed by atoms with van der Waals surface area (Å²) in [5, 5.41) is 4.00. The summed E-state index contributed by atoms with van der Waals surface area (Å²) in [7, 11) is 0. The number of aryl methyl sites for hydroxylation is 1. The molecule has 0 saturated heterocycles. The number of halogens is 1. The number of rotatable bonds is 0. The van der Waals surface area contributed by atoms with E-state index >= 15 is 0 Å². The highest BCUT2D eigenvalue weighted by Gasteiger charge is 2.06. The van der Waals surface area contributed by atoms with Gasteiger partial charge in [0, 0.05) is 5.39 Å². The SMILES string of the molecule is Cc1c2ccccc2cc2c(F)cccc12. The summed E-state index contributed by atoms with van der Waals surface area (Å²) in [6.07, 6.45) is 0. The van der Waals surface area contributed by atoms with Gasteiger partial charge in [0.1, 0.15) is 5.82 Å². The van der Waals surface area contributed by atoms with Gasteiger partial charge >= 0.3 is 0 Å². The molecule has 78 valence electrons. The molecule has 0 spiro atoms. The minimum atomic E-state index is -0.147. The highest BCUT2D eigenvalue weighted by Crippen LogP contribution is 2.28. The number of fused-ring (bicyclic) bond motifs is 2. The van der Waals surface area contributed by atoms with E-state index in [1.165, 1.54) is 11.5 Å². The van der Waals surface area contributed by atoms with Gasteiger partial charge in [0.25, 0.3) is 0 Å². The molecule has 0 amide bonds. The van der Waals surface area contributed by atoms with Gasteiger partial charge in [0.2, 0.25) is 0 Å². The maximum Gasteiger partial charge on any atom is 0.131 e. The van der Waals surface area contributed by atoms with Crippen LogP contribution in [0.25, 0.3) is 21.5 Å². The molecule has 0 atom stereocenters. The van der Waals surface area contributed by atoms with Crippen LogP contribution in [0, 0.1) is 12.7 Å². The van der Waals surface area contributed by atoms with Gasteiger partial charge in [0.05, 0.1) is 0 Å². The molecule has 0 bridgehead atoms. The van der Waals surface area contributed by atoms with Crippen molar-refractivity contribution in [2.75, 3.05) is 0 Å². The zero-order valence-electron chi connectivity index (χ0n) is 9.00. The maximum absolute atomic E-state index is 13.7. The van der Waals surface area contributed by atoms with E-state index in [4.69, 9.17) is 0 Å². The standard InChI is InChI=1S/C15H11F/c1-10-12-6-3-2-5-11(12)9-14-13(10)7-4-8-15(14)16/h2-9H,1H3. The first-order valence-corrected chi connectivity index (χ1v) is 5.34. The lowest BCUT2D eigenvalue weighted by atomic mass is 9.98. The number of benzene rings is 3. The second kappa shape index (κ2) is 3.31. The third kappa shape index (κ3) is 1.21. The summed E-state index contributed by atoms with van der Waals surface area (Å²) in [4.78, 5) is 0. The van der Waals surface area contributed by atoms with Crippen molar-refractivity contribution < 1.29 is 4.39 Å². The molecule has 3 rings (SSSR count). The quantitative estimate of drug-likeness (QED) is 0.481. The second-order valence-electron chi connectivity index (χ2n) is 4.06. The fourth-order valence-electron chi connectivity index (χ4n) is 2.28. The molecule has 0 aliphatic rings. The molecular weight excluding hydrogens is 199 g/mol. The Morgan fingerprint density at radius 2 is 1.56 bits per heavy atom. The molecule has 0 aliphatic carbocycles. The molecule has 0 aromatic heterocycles. The van der Waals surface area contributed by atoms with Crippen molar-refractivity contribution in [3.63, 3.8) is 0 Å². The average Bonchev–Trinajstić information content (AvgIpc) is 2.31. The van der Waals surface area contributed by atoms with Crippen molar-refractivity contribution in [3.8, 4) is 0 Å². The minimum Gasteiger partial charge on any atom is -0.206 e. The van der Waals surface area contributed by atoms with Crippen molar-refractivity contribution in [2.24, 2.45) is 0 Å². The summed E-state index contributed by atoms with van der Waals surface area (Å²) >= 11 is 0. The molecule has 0 heterocycles. The fourth-order valence-corrected chi connectivity index (χ4v) is 2.28. The van der Waals surface area contributed by atoms with Crippen molar-refractivity contribution in [3.05, 3.63) is 59.9 Å². The largest absolute Gasteiger partial charge is 0.206 e. The molecule has 0 aliphatic heterocycles. The van der Waals surface area contributed by atoms with Gasteiger partial charge in [-0.25, -0.2) is 4.39 Å². The molecule has 0 nitrogen and oxygen atoms in total. The Morgan fingerprint density at radius 3 is 2.44 bits per heavy atom. The van der Waals surface area contributed by atoms with Gasteiger partial charge in [-0.2, -0.15) is 0 Å². The normalized spacial score (nSPS) is 11.1. The zero-order valence-corrected chi connectivity index (χ0v) is 9.00. The first-order chi connectivity index (χ1) is 7.77. The van der Waals surface area contributed by atoms with Crippen LogP contribution in [-0.2, 0) is 0 Å². The zero-order chi connectivity index (χ0) is 11.1. The fraction of sp³-hybridized carbons (Fsp3) is 0.0667. The number of hydrogen-bond acceptors (Lipinski definition) is 0. The van der Waals surface area contributed by atoms with Crippen LogP contribution in [0.1, 0.15) is 5.56 Å². The van der Waals surface area contributed by atoms with Gasteiger partial charge in [-0.3, -0.25) is 0 Å². The Morgan fingerprint density at radius 1 is 0.812 bits per heavy atom. The molecule has 0 saturated carbocycles. The monoisotopic (exact) mass is 210 g/mol. The van der Waals surface area contributed by atoms with Crippen LogP contribution in [0.3, 0.4) is 0 Å². The first-order valence-electron chi connectivity index (χ1n) is 5.34. The van der Waals surface area contributed by atoms with Crippen LogP contribution in [0.5, 0.6) is 0 Å². The molecule has 0 fully saturated rings. The van der Waals surface area contributed by atoms with Crippen LogP contribution >= 0.6 is 0 Å². The van der Waals surface area contributed by atoms with Gasteiger partial charge in [-0.1, -0.05) is 36.4 Å². The first kappa shape index (κ1) is 9.34. The van der Waals surface area contributed by atoms with E-state index in [0.29, 0.717) is 5.39 Å². The Bertz CT molecular complexity index is 683. The molecule has 3 aromatic rings. The van der Waals surface area contributed by atoms with Crippen molar-refractivity contribution in [1.82, 2.24) is 0 Å². The molecule has 0 unspecified atom stereocenters. The molecule has 3 aromatic carbocycles. The Hall–Kier alpha value is -1.89. The molecule has 16 heavy (non-hydrogen) atoms. The van der Waals surface area contributed by atoms with Crippen LogP contribution in [0.15, 0.2) is 48.5 Å². The van der Waals surface area contributed by atoms with E-state index in [1.807, 2.05) is 37.3 Å². The average molecular weight is 210 g/mol. The Balaban J connectivity index is 2.61. The Labute approximate surface area is 93.3 Å². The summed E-state index contributed by atoms with van der Waals surface area (Å²) in [5.41, 5.74) is 1.15. The van der Waals surface area contributed by atoms with Crippen LogP contribution in [0.2, 0.25) is 0 Å². The van der Waals surface area contributed by atoms with Gasteiger partial charge in [0.15, 0.2) is 0 Å².